The van der Waals surface area contributed by atoms with Gasteiger partial charge in [-0.15, -0.1) is 10.2 Å². The molecule has 26 heavy (non-hydrogen) atoms. The van der Waals surface area contributed by atoms with Crippen molar-refractivity contribution >= 4 is 5.91 Å². The fraction of sp³-hybridized carbons (Fsp3) is 0.600. The van der Waals surface area contributed by atoms with Crippen molar-refractivity contribution in [2.45, 2.75) is 52.5 Å². The first-order valence-electron chi connectivity index (χ1n) is 9.57. The molecule has 1 amide bonds. The third-order valence-electron chi connectivity index (χ3n) is 5.93. The zero-order valence-electron chi connectivity index (χ0n) is 15.9. The van der Waals surface area contributed by atoms with E-state index in [9.17, 15) is 4.79 Å². The van der Waals surface area contributed by atoms with Crippen molar-refractivity contribution in [3.05, 3.63) is 41.7 Å². The smallest absolute Gasteiger partial charge is 0.255 e. The van der Waals surface area contributed by atoms with Crippen LogP contribution in [0, 0.1) is 18.3 Å². The normalized spacial score (nSPS) is 21.4. The Labute approximate surface area is 154 Å². The molecule has 0 N–H and O–H groups in total. The Hall–Kier alpha value is -2.24. The lowest BCUT2D eigenvalue weighted by atomic mass is 9.62. The highest BCUT2D eigenvalue weighted by atomic mass is 16.2. The molecule has 0 aromatic carbocycles. The third kappa shape index (κ3) is 2.91. The molecule has 1 spiro atoms. The highest BCUT2D eigenvalue weighted by molar-refractivity contribution is 5.94. The number of hydrogen-bond acceptors (Lipinski definition) is 4. The molecule has 0 radical (unpaired) electrons. The minimum Gasteiger partial charge on any atom is -0.337 e. The van der Waals surface area contributed by atoms with Gasteiger partial charge in [-0.05, 0) is 42.7 Å². The van der Waals surface area contributed by atoms with Gasteiger partial charge in [0.25, 0.3) is 5.91 Å². The summed E-state index contributed by atoms with van der Waals surface area (Å²) < 4.78 is 2.19. The largest absolute Gasteiger partial charge is 0.337 e. The van der Waals surface area contributed by atoms with Gasteiger partial charge in [-0.1, -0.05) is 20.3 Å². The van der Waals surface area contributed by atoms with Gasteiger partial charge < -0.3 is 9.47 Å². The van der Waals surface area contributed by atoms with E-state index in [4.69, 9.17) is 0 Å². The van der Waals surface area contributed by atoms with E-state index >= 15 is 0 Å². The molecule has 6 nitrogen and oxygen atoms in total. The summed E-state index contributed by atoms with van der Waals surface area (Å²) in [5, 5.41) is 8.65. The summed E-state index contributed by atoms with van der Waals surface area (Å²) in [5.41, 5.74) is 1.87. The number of likely N-dealkylation sites (tertiary alicyclic amines) is 1. The molecule has 1 saturated carbocycles. The third-order valence-corrected chi connectivity index (χ3v) is 5.93. The van der Waals surface area contributed by atoms with E-state index in [1.165, 1.54) is 19.3 Å². The zero-order chi connectivity index (χ0) is 18.3. The molecule has 2 fully saturated rings. The molecule has 1 unspecified atom stereocenters. The predicted octanol–water partition coefficient (Wildman–Crippen LogP) is 3.05. The summed E-state index contributed by atoms with van der Waals surface area (Å²) >= 11 is 0. The van der Waals surface area contributed by atoms with Crippen molar-refractivity contribution in [2.75, 3.05) is 13.1 Å². The first kappa shape index (κ1) is 17.2. The fourth-order valence-electron chi connectivity index (χ4n) is 4.54. The maximum atomic E-state index is 13.0. The van der Waals surface area contributed by atoms with E-state index in [2.05, 4.69) is 33.6 Å². The average Bonchev–Trinajstić information content (AvgIpc) is 3.17. The summed E-state index contributed by atoms with van der Waals surface area (Å²) in [6.45, 7) is 8.85. The van der Waals surface area contributed by atoms with E-state index in [0.717, 1.165) is 31.0 Å². The lowest BCUT2D eigenvalue weighted by Gasteiger charge is -2.42. The van der Waals surface area contributed by atoms with Crippen LogP contribution in [0.5, 0.6) is 0 Å². The van der Waals surface area contributed by atoms with Crippen molar-refractivity contribution in [2.24, 2.45) is 11.3 Å². The molecule has 0 bridgehead atoms. The van der Waals surface area contributed by atoms with E-state index < -0.39 is 0 Å². The van der Waals surface area contributed by atoms with Crippen LogP contribution in [0.2, 0.25) is 0 Å². The van der Waals surface area contributed by atoms with Crippen molar-refractivity contribution < 1.29 is 4.79 Å². The van der Waals surface area contributed by atoms with E-state index in [-0.39, 0.29) is 17.2 Å². The van der Waals surface area contributed by atoms with Crippen LogP contribution in [0.3, 0.4) is 0 Å². The molecular weight excluding hydrogens is 326 g/mol. The van der Waals surface area contributed by atoms with Gasteiger partial charge in [0.15, 0.2) is 0 Å². The number of rotatable bonds is 4. The Balaban J connectivity index is 1.61. The Morgan fingerprint density at radius 3 is 2.81 bits per heavy atom. The molecule has 3 heterocycles. The van der Waals surface area contributed by atoms with Gasteiger partial charge in [0, 0.05) is 37.9 Å². The van der Waals surface area contributed by atoms with Crippen LogP contribution in [0.1, 0.15) is 60.8 Å². The number of aryl methyl sites for hydroxylation is 1. The second-order valence-corrected chi connectivity index (χ2v) is 8.44. The Morgan fingerprint density at radius 1 is 1.35 bits per heavy atom. The number of pyridine rings is 1. The van der Waals surface area contributed by atoms with Crippen molar-refractivity contribution in [1.82, 2.24) is 24.6 Å². The van der Waals surface area contributed by atoms with Gasteiger partial charge in [-0.3, -0.25) is 9.78 Å². The van der Waals surface area contributed by atoms with Crippen molar-refractivity contribution in [1.29, 1.82) is 0 Å². The summed E-state index contributed by atoms with van der Waals surface area (Å²) in [6.07, 6.45) is 8.88. The lowest BCUT2D eigenvalue weighted by Crippen LogP contribution is -2.38. The summed E-state index contributed by atoms with van der Waals surface area (Å²) in [5.74, 6) is 1.96. The fourth-order valence-corrected chi connectivity index (χ4v) is 4.54. The van der Waals surface area contributed by atoms with Gasteiger partial charge >= 0.3 is 0 Å². The second-order valence-electron chi connectivity index (χ2n) is 8.44. The highest BCUT2D eigenvalue weighted by Crippen LogP contribution is 2.55. The van der Waals surface area contributed by atoms with Crippen LogP contribution in [0.25, 0.3) is 0 Å². The Bertz CT molecular complexity index is 808. The van der Waals surface area contributed by atoms with Gasteiger partial charge in [0.2, 0.25) is 0 Å². The van der Waals surface area contributed by atoms with Gasteiger partial charge in [0.05, 0.1) is 5.56 Å². The quantitative estimate of drug-likeness (QED) is 0.847. The molecule has 2 aliphatic rings. The Kier molecular flexibility index (Phi) is 4.29. The van der Waals surface area contributed by atoms with Crippen molar-refractivity contribution in [3.63, 3.8) is 0 Å². The van der Waals surface area contributed by atoms with Crippen molar-refractivity contribution in [3.8, 4) is 0 Å². The molecule has 2 aromatic rings. The maximum Gasteiger partial charge on any atom is 0.255 e. The van der Waals surface area contributed by atoms with Gasteiger partial charge in [-0.25, -0.2) is 0 Å². The molecule has 4 rings (SSSR count). The number of aromatic nitrogens is 4. The molecule has 1 atom stereocenters. The first-order valence-corrected chi connectivity index (χ1v) is 9.57. The molecular formula is C20H27N5O. The van der Waals surface area contributed by atoms with Crippen LogP contribution in [-0.2, 0) is 6.54 Å². The van der Waals surface area contributed by atoms with Crippen LogP contribution in [-0.4, -0.2) is 43.6 Å². The lowest BCUT2D eigenvalue weighted by molar-refractivity contribution is 0.0722. The molecule has 138 valence electrons. The van der Waals surface area contributed by atoms with Crippen LogP contribution >= 0.6 is 0 Å². The second kappa shape index (κ2) is 6.49. The first-order chi connectivity index (χ1) is 12.5. The number of carbonyl (C=O) groups is 1. The molecule has 1 aliphatic heterocycles. The van der Waals surface area contributed by atoms with Crippen LogP contribution in [0.15, 0.2) is 24.8 Å². The van der Waals surface area contributed by atoms with Gasteiger partial charge in [-0.2, -0.15) is 0 Å². The zero-order valence-corrected chi connectivity index (χ0v) is 15.9. The SMILES string of the molecule is Cc1cncc(C(=O)N2CC(c3nncn3CC(C)C)C3(CCC3)C2)c1. The molecule has 1 saturated heterocycles. The number of nitrogens with zero attached hydrogens (tertiary/aromatic N) is 5. The van der Waals surface area contributed by atoms with Crippen LogP contribution in [0.4, 0.5) is 0 Å². The average molecular weight is 353 g/mol. The standard InChI is InChI=1S/C20H27N5O/c1-14(2)10-25-13-22-23-18(25)17-11-24(12-20(17)5-4-6-20)19(26)16-7-15(3)8-21-9-16/h7-9,13-14,17H,4-6,10-12H2,1-3H3. The van der Waals surface area contributed by atoms with E-state index in [1.54, 1.807) is 12.4 Å². The number of amides is 1. The minimum absolute atomic E-state index is 0.0879. The molecule has 1 aliphatic carbocycles. The summed E-state index contributed by atoms with van der Waals surface area (Å²) in [7, 11) is 0. The van der Waals surface area contributed by atoms with E-state index in [1.807, 2.05) is 24.2 Å². The monoisotopic (exact) mass is 353 g/mol. The van der Waals surface area contributed by atoms with E-state index in [0.29, 0.717) is 11.5 Å². The number of carbonyl (C=O) groups excluding carboxylic acids is 1. The van der Waals surface area contributed by atoms with Crippen LogP contribution < -0.4 is 0 Å². The van der Waals surface area contributed by atoms with Gasteiger partial charge in [0.1, 0.15) is 12.2 Å². The molecule has 6 heteroatoms. The topological polar surface area (TPSA) is 63.9 Å². The maximum absolute atomic E-state index is 13.0. The Morgan fingerprint density at radius 2 is 2.15 bits per heavy atom. The summed E-state index contributed by atoms with van der Waals surface area (Å²) in [6, 6.07) is 1.93. The minimum atomic E-state index is 0.0879. The molecule has 2 aromatic heterocycles. The predicted molar refractivity (Wildman–Crippen MR) is 98.8 cm³/mol. The summed E-state index contributed by atoms with van der Waals surface area (Å²) in [4.78, 5) is 19.2. The number of hydrogen-bond donors (Lipinski definition) is 0. The highest BCUT2D eigenvalue weighted by Gasteiger charge is 2.53.